The van der Waals surface area contributed by atoms with Crippen LogP contribution in [0.25, 0.3) is 0 Å². The minimum absolute atomic E-state index is 0.108. The van der Waals surface area contributed by atoms with E-state index in [9.17, 15) is 23.5 Å². The fourth-order valence-electron chi connectivity index (χ4n) is 4.54. The quantitative estimate of drug-likeness (QED) is 0.295. The first-order valence-corrected chi connectivity index (χ1v) is 12.6. The number of aliphatic hydroxyl groups is 1. The Labute approximate surface area is 224 Å². The molecule has 2 amide bonds. The number of ether oxygens (including phenoxy) is 2. The number of piperidine rings is 1. The molecule has 8 nitrogen and oxygen atoms in total. The molecule has 1 saturated heterocycles. The number of benzene rings is 3. The minimum atomic E-state index is -1.28. The van der Waals surface area contributed by atoms with Gasteiger partial charge in [0.1, 0.15) is 23.1 Å². The van der Waals surface area contributed by atoms with Gasteiger partial charge in [-0.2, -0.15) is 0 Å². The average molecular weight is 541 g/mol. The maximum absolute atomic E-state index is 14.5. The third-order valence-electron chi connectivity index (χ3n) is 6.36. The van der Waals surface area contributed by atoms with Crippen molar-refractivity contribution in [3.63, 3.8) is 0 Å². The maximum Gasteiger partial charge on any atom is 0.335 e. The van der Waals surface area contributed by atoms with Crippen LogP contribution in [-0.4, -0.2) is 45.8 Å². The van der Waals surface area contributed by atoms with E-state index < -0.39 is 23.2 Å². The van der Waals surface area contributed by atoms with Crippen molar-refractivity contribution < 1.29 is 38.1 Å². The molecule has 1 aliphatic heterocycles. The molecule has 0 aromatic heterocycles. The van der Waals surface area contributed by atoms with E-state index in [1.807, 2.05) is 13.8 Å². The lowest BCUT2D eigenvalue weighted by Crippen LogP contribution is -2.48. The largest absolute Gasteiger partial charge is 0.478 e. The van der Waals surface area contributed by atoms with E-state index >= 15 is 0 Å². The number of urea groups is 1. The number of carbonyl (C=O) groups excluding carboxylic acids is 1. The summed E-state index contributed by atoms with van der Waals surface area (Å²) in [6, 6.07) is 12.6. The highest BCUT2D eigenvalue weighted by molar-refractivity contribution is 5.90. The molecule has 0 unspecified atom stereocenters. The Kier molecular flexibility index (Phi) is 8.35. The molecule has 0 bridgehead atoms. The normalized spacial score (nSPS) is 14.7. The maximum atomic E-state index is 14.5. The number of rotatable bonds is 8. The van der Waals surface area contributed by atoms with Crippen LogP contribution in [0.5, 0.6) is 23.0 Å². The number of hydrogen-bond donors (Lipinski definition) is 3. The van der Waals surface area contributed by atoms with Gasteiger partial charge in [-0.3, -0.25) is 0 Å². The second-order valence-corrected chi connectivity index (χ2v) is 10.0. The number of anilines is 1. The van der Waals surface area contributed by atoms with E-state index in [0.29, 0.717) is 49.7 Å². The summed E-state index contributed by atoms with van der Waals surface area (Å²) in [5.74, 6) is -1.83. The van der Waals surface area contributed by atoms with Gasteiger partial charge < -0.3 is 29.9 Å². The standard InChI is InChI=1S/C29H30F2N2O6/c1-18(2)17-29(37)9-11-33(12-10-29)28(36)32-21-14-23(38-22-6-4-20(30)5-7-22)16-24(15-21)39-26-8-3-19(27(34)35)13-25(26)31/h3-8,13-16,18,37H,9-12,17H2,1-2H3,(H,32,36)(H,34,35). The monoisotopic (exact) mass is 540 g/mol. The second kappa shape index (κ2) is 11.7. The molecule has 0 aliphatic carbocycles. The van der Waals surface area contributed by atoms with Crippen LogP contribution in [0.15, 0.2) is 60.7 Å². The van der Waals surface area contributed by atoms with E-state index in [-0.39, 0.29) is 28.8 Å². The summed E-state index contributed by atoms with van der Waals surface area (Å²) in [7, 11) is 0. The predicted octanol–water partition coefficient (Wildman–Crippen LogP) is 6.65. The van der Waals surface area contributed by atoms with Crippen LogP contribution in [0, 0.1) is 17.6 Å². The first kappa shape index (κ1) is 27.8. The Balaban J connectivity index is 1.55. The fraction of sp³-hybridized carbons (Fsp3) is 0.310. The lowest BCUT2D eigenvalue weighted by molar-refractivity contribution is -0.0268. The summed E-state index contributed by atoms with van der Waals surface area (Å²) in [6.45, 7) is 4.85. The van der Waals surface area contributed by atoms with Gasteiger partial charge in [-0.1, -0.05) is 13.8 Å². The summed E-state index contributed by atoms with van der Waals surface area (Å²) < 4.78 is 39.3. The zero-order valence-corrected chi connectivity index (χ0v) is 21.6. The highest BCUT2D eigenvalue weighted by Gasteiger charge is 2.34. The Morgan fingerprint density at radius 2 is 1.59 bits per heavy atom. The summed E-state index contributed by atoms with van der Waals surface area (Å²) in [5, 5.41) is 22.7. The van der Waals surface area contributed by atoms with Gasteiger partial charge in [0.2, 0.25) is 0 Å². The summed E-state index contributed by atoms with van der Waals surface area (Å²) in [4.78, 5) is 25.7. The molecule has 1 heterocycles. The van der Waals surface area contributed by atoms with Crippen LogP contribution in [0.1, 0.15) is 43.5 Å². The molecule has 1 aliphatic rings. The SMILES string of the molecule is CC(C)CC1(O)CCN(C(=O)Nc2cc(Oc3ccc(F)cc3)cc(Oc3ccc(C(=O)O)cc3F)c2)CC1. The highest BCUT2D eigenvalue weighted by Crippen LogP contribution is 2.34. The van der Waals surface area contributed by atoms with Crippen LogP contribution in [-0.2, 0) is 0 Å². The van der Waals surface area contributed by atoms with E-state index in [1.54, 1.807) is 4.90 Å². The molecule has 3 aromatic carbocycles. The van der Waals surface area contributed by atoms with Crippen molar-refractivity contribution in [2.75, 3.05) is 18.4 Å². The molecule has 3 aromatic rings. The number of hydrogen-bond acceptors (Lipinski definition) is 5. The van der Waals surface area contributed by atoms with Crippen LogP contribution in [0.4, 0.5) is 19.3 Å². The van der Waals surface area contributed by atoms with Gasteiger partial charge in [0, 0.05) is 37.0 Å². The van der Waals surface area contributed by atoms with Crippen LogP contribution >= 0.6 is 0 Å². The Morgan fingerprint density at radius 1 is 0.949 bits per heavy atom. The molecule has 0 saturated carbocycles. The molecule has 206 valence electrons. The highest BCUT2D eigenvalue weighted by atomic mass is 19.1. The van der Waals surface area contributed by atoms with E-state index in [4.69, 9.17) is 14.6 Å². The molecule has 0 spiro atoms. The van der Waals surface area contributed by atoms with Crippen molar-refractivity contribution in [1.82, 2.24) is 4.90 Å². The van der Waals surface area contributed by atoms with Crippen LogP contribution in [0.2, 0.25) is 0 Å². The Morgan fingerprint density at radius 3 is 2.18 bits per heavy atom. The lowest BCUT2D eigenvalue weighted by Gasteiger charge is -2.39. The lowest BCUT2D eigenvalue weighted by atomic mass is 9.84. The molecule has 0 radical (unpaired) electrons. The number of carboxylic acid groups (broad SMARTS) is 1. The summed E-state index contributed by atoms with van der Waals surface area (Å²) in [6.07, 6.45) is 1.59. The fourth-order valence-corrected chi connectivity index (χ4v) is 4.54. The molecule has 1 fully saturated rings. The zero-order chi connectivity index (χ0) is 28.2. The number of amides is 2. The number of carboxylic acids is 1. The average Bonchev–Trinajstić information content (AvgIpc) is 2.86. The number of nitrogens with zero attached hydrogens (tertiary/aromatic N) is 1. The van der Waals surface area contributed by atoms with Crippen molar-refractivity contribution in [2.45, 2.75) is 38.7 Å². The van der Waals surface area contributed by atoms with Gasteiger partial charge in [0.15, 0.2) is 11.6 Å². The van der Waals surface area contributed by atoms with Crippen molar-refractivity contribution >= 4 is 17.7 Å². The van der Waals surface area contributed by atoms with Gasteiger partial charge in [0.05, 0.1) is 11.2 Å². The smallest absolute Gasteiger partial charge is 0.335 e. The summed E-state index contributed by atoms with van der Waals surface area (Å²) >= 11 is 0. The van der Waals surface area contributed by atoms with Crippen molar-refractivity contribution in [3.05, 3.63) is 77.9 Å². The topological polar surface area (TPSA) is 108 Å². The van der Waals surface area contributed by atoms with Crippen molar-refractivity contribution in [2.24, 2.45) is 5.92 Å². The zero-order valence-electron chi connectivity index (χ0n) is 21.6. The molecule has 3 N–H and O–H groups in total. The third kappa shape index (κ3) is 7.44. The molecule has 39 heavy (non-hydrogen) atoms. The first-order chi connectivity index (χ1) is 18.5. The van der Waals surface area contributed by atoms with Gasteiger partial charge in [-0.15, -0.1) is 0 Å². The molecular weight excluding hydrogens is 510 g/mol. The number of nitrogens with one attached hydrogen (secondary N) is 1. The Hall–Kier alpha value is -4.18. The molecule has 4 rings (SSSR count). The van der Waals surface area contributed by atoms with Crippen LogP contribution < -0.4 is 14.8 Å². The molecular formula is C29H30F2N2O6. The first-order valence-electron chi connectivity index (χ1n) is 12.6. The van der Waals surface area contributed by atoms with Gasteiger partial charge in [-0.25, -0.2) is 18.4 Å². The number of carbonyl (C=O) groups is 2. The van der Waals surface area contributed by atoms with E-state index in [2.05, 4.69) is 5.32 Å². The van der Waals surface area contributed by atoms with E-state index in [0.717, 1.165) is 6.07 Å². The van der Waals surface area contributed by atoms with E-state index in [1.165, 1.54) is 54.6 Å². The molecule has 0 atom stereocenters. The van der Waals surface area contributed by atoms with Crippen molar-refractivity contribution in [3.8, 4) is 23.0 Å². The van der Waals surface area contributed by atoms with Gasteiger partial charge in [0.25, 0.3) is 0 Å². The number of likely N-dealkylation sites (tertiary alicyclic amines) is 1. The third-order valence-corrected chi connectivity index (χ3v) is 6.36. The summed E-state index contributed by atoms with van der Waals surface area (Å²) in [5.41, 5.74) is -0.738. The number of aromatic carboxylic acids is 1. The number of halogens is 2. The van der Waals surface area contributed by atoms with Crippen LogP contribution in [0.3, 0.4) is 0 Å². The predicted molar refractivity (Wildman–Crippen MR) is 141 cm³/mol. The second-order valence-electron chi connectivity index (χ2n) is 10.0. The Bertz CT molecular complexity index is 1340. The molecule has 10 heteroatoms. The van der Waals surface area contributed by atoms with Gasteiger partial charge >= 0.3 is 12.0 Å². The minimum Gasteiger partial charge on any atom is -0.478 e. The van der Waals surface area contributed by atoms with Crippen molar-refractivity contribution in [1.29, 1.82) is 0 Å². The van der Waals surface area contributed by atoms with Gasteiger partial charge in [-0.05, 0) is 67.6 Å².